The lowest BCUT2D eigenvalue weighted by Gasteiger charge is -2.15. The van der Waals surface area contributed by atoms with Crippen molar-refractivity contribution in [3.05, 3.63) is 48.7 Å². The molecular formula is C25H34N10O3. The molecule has 3 N–H and O–H groups in total. The van der Waals surface area contributed by atoms with Crippen LogP contribution in [0.15, 0.2) is 43.1 Å². The van der Waals surface area contributed by atoms with Gasteiger partial charge < -0.3 is 25.4 Å². The maximum atomic E-state index is 11.9. The zero-order valence-corrected chi connectivity index (χ0v) is 22.5. The highest BCUT2D eigenvalue weighted by molar-refractivity contribution is 5.94. The molecule has 4 aromatic rings. The third-order valence-electron chi connectivity index (χ3n) is 5.21. The maximum Gasteiger partial charge on any atom is 0.341 e. The van der Waals surface area contributed by atoms with Crippen molar-refractivity contribution < 1.29 is 14.6 Å². The van der Waals surface area contributed by atoms with Gasteiger partial charge in [-0.05, 0) is 39.2 Å². The third kappa shape index (κ3) is 7.03. The van der Waals surface area contributed by atoms with Gasteiger partial charge in [-0.3, -0.25) is 9.36 Å². The summed E-state index contributed by atoms with van der Waals surface area (Å²) >= 11 is 0. The molecule has 0 atom stereocenters. The second-order valence-electron chi connectivity index (χ2n) is 8.29. The number of methoxy groups -OCH3 is 1. The van der Waals surface area contributed by atoms with Crippen LogP contribution in [0.2, 0.25) is 0 Å². The number of benzene rings is 1. The Balaban J connectivity index is 0.00000195. The Morgan fingerprint density at radius 1 is 1.16 bits per heavy atom. The monoisotopic (exact) mass is 522 g/mol. The van der Waals surface area contributed by atoms with Crippen LogP contribution in [0.3, 0.4) is 0 Å². The summed E-state index contributed by atoms with van der Waals surface area (Å²) in [6.45, 7) is 5.73. The van der Waals surface area contributed by atoms with Crippen LogP contribution in [-0.4, -0.2) is 78.2 Å². The smallest absolute Gasteiger partial charge is 0.341 e. The SMILES string of the molecule is CC.COc1c(Nc2nc(Nc3cnn(CCCN(C)C)c3)ncc2C(=O)O)cccc1-c1ncn(C)n1. The number of nitrogens with zero attached hydrogens (tertiary/aromatic N) is 8. The van der Waals surface area contributed by atoms with Gasteiger partial charge in [-0.1, -0.05) is 19.9 Å². The van der Waals surface area contributed by atoms with Crippen molar-refractivity contribution in [1.82, 2.24) is 39.4 Å². The van der Waals surface area contributed by atoms with Gasteiger partial charge in [-0.2, -0.15) is 15.2 Å². The molecule has 0 aliphatic rings. The van der Waals surface area contributed by atoms with Crippen molar-refractivity contribution in [2.75, 3.05) is 38.4 Å². The summed E-state index contributed by atoms with van der Waals surface area (Å²) in [5.41, 5.74) is 1.75. The van der Waals surface area contributed by atoms with Gasteiger partial charge in [-0.25, -0.2) is 14.8 Å². The van der Waals surface area contributed by atoms with Gasteiger partial charge in [0.15, 0.2) is 17.4 Å². The number of rotatable bonds is 11. The van der Waals surface area contributed by atoms with E-state index in [0.717, 1.165) is 19.5 Å². The normalized spacial score (nSPS) is 10.6. The number of ether oxygens (including phenoxy) is 1. The summed E-state index contributed by atoms with van der Waals surface area (Å²) in [6.07, 6.45) is 7.32. The molecule has 3 aromatic heterocycles. The van der Waals surface area contributed by atoms with Crippen molar-refractivity contribution in [3.8, 4) is 17.1 Å². The number of hydrogen-bond acceptors (Lipinski definition) is 10. The number of aromatic nitrogens is 7. The molecule has 0 saturated carbocycles. The van der Waals surface area contributed by atoms with E-state index in [4.69, 9.17) is 4.74 Å². The van der Waals surface area contributed by atoms with E-state index in [0.29, 0.717) is 28.5 Å². The number of aryl methyl sites for hydroxylation is 2. The molecule has 0 radical (unpaired) electrons. The molecule has 38 heavy (non-hydrogen) atoms. The molecule has 1 aromatic carbocycles. The van der Waals surface area contributed by atoms with Crippen LogP contribution < -0.4 is 15.4 Å². The van der Waals surface area contributed by atoms with Crippen molar-refractivity contribution in [1.29, 1.82) is 0 Å². The lowest BCUT2D eigenvalue weighted by molar-refractivity contribution is 0.0697. The molecule has 13 heteroatoms. The summed E-state index contributed by atoms with van der Waals surface area (Å²) < 4.78 is 9.04. The van der Waals surface area contributed by atoms with Gasteiger partial charge in [0.25, 0.3) is 0 Å². The van der Waals surface area contributed by atoms with E-state index in [2.05, 4.69) is 40.7 Å². The number of carbonyl (C=O) groups is 1. The zero-order chi connectivity index (χ0) is 27.7. The molecule has 13 nitrogen and oxygen atoms in total. The number of para-hydroxylation sites is 1. The number of hydrogen-bond donors (Lipinski definition) is 3. The molecular weight excluding hydrogens is 488 g/mol. The summed E-state index contributed by atoms with van der Waals surface area (Å²) in [7, 11) is 7.35. The lowest BCUT2D eigenvalue weighted by atomic mass is 10.1. The van der Waals surface area contributed by atoms with Gasteiger partial charge in [-0.15, -0.1) is 0 Å². The number of anilines is 4. The molecule has 0 spiro atoms. The van der Waals surface area contributed by atoms with E-state index < -0.39 is 5.97 Å². The highest BCUT2D eigenvalue weighted by Crippen LogP contribution is 2.36. The highest BCUT2D eigenvalue weighted by atomic mass is 16.5. The van der Waals surface area contributed by atoms with Gasteiger partial charge in [0, 0.05) is 26.0 Å². The summed E-state index contributed by atoms with van der Waals surface area (Å²) in [5.74, 6) is 0.0789. The van der Waals surface area contributed by atoms with E-state index in [-0.39, 0.29) is 17.3 Å². The first kappa shape index (κ1) is 28.1. The van der Waals surface area contributed by atoms with Gasteiger partial charge in [0.2, 0.25) is 5.95 Å². The lowest BCUT2D eigenvalue weighted by Crippen LogP contribution is -2.15. The summed E-state index contributed by atoms with van der Waals surface area (Å²) in [5, 5.41) is 24.5. The predicted octanol–water partition coefficient (Wildman–Crippen LogP) is 3.64. The van der Waals surface area contributed by atoms with Gasteiger partial charge in [0.05, 0.1) is 30.2 Å². The quantitative estimate of drug-likeness (QED) is 0.265. The number of aromatic carboxylic acids is 1. The topological polar surface area (TPSA) is 148 Å². The molecule has 0 bridgehead atoms. The summed E-state index contributed by atoms with van der Waals surface area (Å²) in [6, 6.07) is 5.37. The molecule has 0 amide bonds. The molecule has 0 aliphatic heterocycles. The average molecular weight is 523 g/mol. The molecule has 0 aliphatic carbocycles. The van der Waals surface area contributed by atoms with Crippen molar-refractivity contribution >= 4 is 29.1 Å². The van der Waals surface area contributed by atoms with Crippen LogP contribution in [0.1, 0.15) is 30.6 Å². The van der Waals surface area contributed by atoms with E-state index in [9.17, 15) is 9.90 Å². The van der Waals surface area contributed by atoms with Gasteiger partial charge >= 0.3 is 5.97 Å². The second-order valence-corrected chi connectivity index (χ2v) is 8.29. The second kappa shape index (κ2) is 13.1. The molecule has 0 saturated heterocycles. The van der Waals surface area contributed by atoms with Crippen molar-refractivity contribution in [3.63, 3.8) is 0 Å². The fraction of sp³-hybridized carbons (Fsp3) is 0.360. The van der Waals surface area contributed by atoms with E-state index >= 15 is 0 Å². The number of carboxylic acid groups (broad SMARTS) is 1. The standard InChI is InChI=1S/C23H28N10O3.C2H6/c1-31(2)9-6-10-33-13-15(11-26-33)27-23-24-12-17(22(34)35)21(29-23)28-18-8-5-7-16(19(18)36-4)20-25-14-32(3)30-20;1-2/h5,7-8,11-14H,6,9-10H2,1-4H3,(H,34,35)(H2,24,27,28,29);1-2H3. The van der Waals surface area contributed by atoms with Gasteiger partial charge in [0.1, 0.15) is 11.9 Å². The molecule has 202 valence electrons. The first-order valence-corrected chi connectivity index (χ1v) is 12.2. The molecule has 0 fully saturated rings. The fourth-order valence-electron chi connectivity index (χ4n) is 3.54. The van der Waals surface area contributed by atoms with E-state index in [1.54, 1.807) is 36.4 Å². The first-order chi connectivity index (χ1) is 18.3. The number of nitrogens with one attached hydrogen (secondary N) is 2. The Bertz CT molecular complexity index is 1350. The Morgan fingerprint density at radius 3 is 2.61 bits per heavy atom. The Labute approximate surface area is 221 Å². The minimum absolute atomic E-state index is 0.0941. The van der Waals surface area contributed by atoms with Crippen LogP contribution in [-0.2, 0) is 13.6 Å². The van der Waals surface area contributed by atoms with E-state index in [1.165, 1.54) is 13.3 Å². The molecule has 4 rings (SSSR count). The van der Waals surface area contributed by atoms with E-state index in [1.807, 2.05) is 44.9 Å². The van der Waals surface area contributed by atoms with Crippen LogP contribution >= 0.6 is 0 Å². The van der Waals surface area contributed by atoms with Crippen molar-refractivity contribution in [2.24, 2.45) is 7.05 Å². The Morgan fingerprint density at radius 2 is 1.95 bits per heavy atom. The van der Waals surface area contributed by atoms with Crippen LogP contribution in [0.25, 0.3) is 11.4 Å². The maximum absolute atomic E-state index is 11.9. The van der Waals surface area contributed by atoms with Crippen molar-refractivity contribution in [2.45, 2.75) is 26.8 Å². The largest absolute Gasteiger partial charge is 0.494 e. The fourth-order valence-corrected chi connectivity index (χ4v) is 3.54. The molecule has 3 heterocycles. The first-order valence-electron chi connectivity index (χ1n) is 12.2. The molecule has 0 unspecified atom stereocenters. The van der Waals surface area contributed by atoms with Crippen LogP contribution in [0.5, 0.6) is 5.75 Å². The number of carboxylic acids is 1. The predicted molar refractivity (Wildman–Crippen MR) is 145 cm³/mol. The van der Waals surface area contributed by atoms with Crippen LogP contribution in [0, 0.1) is 0 Å². The Kier molecular flexibility index (Phi) is 9.71. The third-order valence-corrected chi connectivity index (χ3v) is 5.21. The summed E-state index contributed by atoms with van der Waals surface area (Å²) in [4.78, 5) is 26.8. The minimum Gasteiger partial charge on any atom is -0.494 e. The Hall–Kier alpha value is -4.52. The highest BCUT2D eigenvalue weighted by Gasteiger charge is 2.19. The minimum atomic E-state index is -1.17. The zero-order valence-electron chi connectivity index (χ0n) is 22.5. The van der Waals surface area contributed by atoms with Crippen LogP contribution in [0.4, 0.5) is 23.1 Å². The average Bonchev–Trinajstić information content (AvgIpc) is 3.53.